The molecule has 3 nitrogen and oxygen atoms in total. The Labute approximate surface area is 147 Å². The van der Waals surface area contributed by atoms with Crippen LogP contribution in [0.4, 0.5) is 0 Å². The molecule has 0 unspecified atom stereocenters. The molecule has 0 saturated heterocycles. The van der Waals surface area contributed by atoms with Gasteiger partial charge >= 0.3 is 0 Å². The van der Waals surface area contributed by atoms with Crippen molar-refractivity contribution in [1.29, 1.82) is 0 Å². The minimum Gasteiger partial charge on any atom is -0.497 e. The SMILES string of the molecule is COc1cc(C)c2nc(-c3nc(C(C)C)cs3)cc(I)c2c1. The van der Waals surface area contributed by atoms with Crippen molar-refractivity contribution in [3.8, 4) is 16.5 Å². The lowest BCUT2D eigenvalue weighted by Crippen LogP contribution is -1.93. The molecule has 0 spiro atoms. The first-order valence-corrected chi connectivity index (χ1v) is 9.06. The van der Waals surface area contributed by atoms with Crippen LogP contribution >= 0.6 is 33.9 Å². The lowest BCUT2D eigenvalue weighted by Gasteiger charge is -2.09. The van der Waals surface area contributed by atoms with Gasteiger partial charge in [0.1, 0.15) is 16.5 Å². The van der Waals surface area contributed by atoms with E-state index in [4.69, 9.17) is 14.7 Å². The fraction of sp³-hybridized carbons (Fsp3) is 0.294. The molecule has 0 aliphatic carbocycles. The second-order valence-corrected chi connectivity index (χ2v) is 7.58. The Balaban J connectivity index is 2.17. The molecule has 0 aliphatic rings. The predicted molar refractivity (Wildman–Crippen MR) is 101 cm³/mol. The third-order valence-corrected chi connectivity index (χ3v) is 5.37. The van der Waals surface area contributed by atoms with Crippen LogP contribution in [0, 0.1) is 10.5 Å². The number of hydrogen-bond acceptors (Lipinski definition) is 4. The molecule has 1 aromatic carbocycles. The van der Waals surface area contributed by atoms with Gasteiger partial charge in [0.05, 0.1) is 18.3 Å². The summed E-state index contributed by atoms with van der Waals surface area (Å²) in [7, 11) is 1.69. The standard InChI is InChI=1S/C17H17IN2OS/c1-9(2)15-8-22-17(20-15)14-7-13(18)12-6-11(21-4)5-10(3)16(12)19-14/h5-9H,1-4H3. The number of aryl methyl sites for hydroxylation is 1. The molecule has 2 heterocycles. The molecule has 0 N–H and O–H groups in total. The number of rotatable bonds is 3. The predicted octanol–water partition coefficient (Wildman–Crippen LogP) is 5.40. The first-order valence-electron chi connectivity index (χ1n) is 7.10. The number of halogens is 1. The summed E-state index contributed by atoms with van der Waals surface area (Å²) in [6.45, 7) is 6.39. The number of aromatic nitrogens is 2. The molecular weight excluding hydrogens is 407 g/mol. The highest BCUT2D eigenvalue weighted by Crippen LogP contribution is 2.32. The number of nitrogens with zero attached hydrogens (tertiary/aromatic N) is 2. The van der Waals surface area contributed by atoms with Gasteiger partial charge in [-0.2, -0.15) is 0 Å². The first-order chi connectivity index (χ1) is 10.5. The fourth-order valence-corrected chi connectivity index (χ4v) is 3.97. The summed E-state index contributed by atoms with van der Waals surface area (Å²) in [6.07, 6.45) is 0. The van der Waals surface area contributed by atoms with E-state index in [1.807, 2.05) is 12.1 Å². The average Bonchev–Trinajstić information content (AvgIpc) is 2.97. The summed E-state index contributed by atoms with van der Waals surface area (Å²) < 4.78 is 6.53. The highest BCUT2D eigenvalue weighted by atomic mass is 127. The van der Waals surface area contributed by atoms with Crippen LogP contribution in [0.15, 0.2) is 23.6 Å². The molecule has 5 heteroatoms. The number of ether oxygens (including phenoxy) is 1. The Morgan fingerprint density at radius 2 is 1.95 bits per heavy atom. The van der Waals surface area contributed by atoms with E-state index in [1.165, 1.54) is 3.57 Å². The topological polar surface area (TPSA) is 35.0 Å². The summed E-state index contributed by atoms with van der Waals surface area (Å²) in [4.78, 5) is 9.56. The van der Waals surface area contributed by atoms with E-state index in [0.29, 0.717) is 5.92 Å². The van der Waals surface area contributed by atoms with Crippen molar-refractivity contribution in [2.45, 2.75) is 26.7 Å². The molecule has 0 aliphatic heterocycles. The molecule has 0 radical (unpaired) electrons. The normalized spacial score (nSPS) is 11.4. The highest BCUT2D eigenvalue weighted by molar-refractivity contribution is 14.1. The van der Waals surface area contributed by atoms with Gasteiger partial charge in [0.25, 0.3) is 0 Å². The molecule has 3 aromatic rings. The van der Waals surface area contributed by atoms with E-state index < -0.39 is 0 Å². The van der Waals surface area contributed by atoms with Crippen molar-refractivity contribution >= 4 is 44.8 Å². The van der Waals surface area contributed by atoms with Crippen LogP contribution < -0.4 is 4.74 Å². The zero-order valence-electron chi connectivity index (χ0n) is 13.0. The Morgan fingerprint density at radius 1 is 1.18 bits per heavy atom. The third-order valence-electron chi connectivity index (χ3n) is 3.60. The largest absolute Gasteiger partial charge is 0.497 e. The van der Waals surface area contributed by atoms with Crippen LogP contribution in [-0.2, 0) is 0 Å². The molecule has 0 amide bonds. The first kappa shape index (κ1) is 15.7. The van der Waals surface area contributed by atoms with Crippen LogP contribution in [0.2, 0.25) is 0 Å². The molecule has 22 heavy (non-hydrogen) atoms. The van der Waals surface area contributed by atoms with Gasteiger partial charge in [0.2, 0.25) is 0 Å². The summed E-state index contributed by atoms with van der Waals surface area (Å²) in [5.41, 5.74) is 4.21. The van der Waals surface area contributed by atoms with Crippen molar-refractivity contribution in [2.75, 3.05) is 7.11 Å². The lowest BCUT2D eigenvalue weighted by atomic mass is 10.1. The number of thiazole rings is 1. The number of hydrogen-bond donors (Lipinski definition) is 0. The summed E-state index contributed by atoms with van der Waals surface area (Å²) in [5.74, 6) is 1.31. The molecular formula is C17H17IN2OS. The third kappa shape index (κ3) is 2.84. The van der Waals surface area contributed by atoms with Gasteiger partial charge in [-0.15, -0.1) is 11.3 Å². The average molecular weight is 424 g/mol. The minimum absolute atomic E-state index is 0.440. The van der Waals surface area contributed by atoms with Gasteiger partial charge in [-0.3, -0.25) is 0 Å². The van der Waals surface area contributed by atoms with Crippen LogP contribution in [0.1, 0.15) is 31.0 Å². The molecule has 3 rings (SSSR count). The summed E-state index contributed by atoms with van der Waals surface area (Å²) >= 11 is 4.02. The van der Waals surface area contributed by atoms with Crippen molar-refractivity contribution in [2.24, 2.45) is 0 Å². The highest BCUT2D eigenvalue weighted by Gasteiger charge is 2.13. The molecule has 0 fully saturated rings. The van der Waals surface area contributed by atoms with Gasteiger partial charge in [0, 0.05) is 14.3 Å². The zero-order chi connectivity index (χ0) is 15.9. The van der Waals surface area contributed by atoms with E-state index >= 15 is 0 Å². The minimum atomic E-state index is 0.440. The van der Waals surface area contributed by atoms with Crippen LogP contribution in [0.3, 0.4) is 0 Å². The number of benzene rings is 1. The Bertz CT molecular complexity index is 842. The maximum Gasteiger partial charge on any atom is 0.142 e. The Hall–Kier alpha value is -1.21. The number of pyridine rings is 1. The molecule has 2 aromatic heterocycles. The molecule has 0 saturated carbocycles. The number of fused-ring (bicyclic) bond motifs is 1. The molecule has 0 atom stereocenters. The maximum atomic E-state index is 5.36. The van der Waals surface area contributed by atoms with Crippen molar-refractivity contribution < 1.29 is 4.74 Å². The monoisotopic (exact) mass is 424 g/mol. The van der Waals surface area contributed by atoms with E-state index in [1.54, 1.807) is 18.4 Å². The van der Waals surface area contributed by atoms with Gasteiger partial charge in [-0.25, -0.2) is 9.97 Å². The number of methoxy groups -OCH3 is 1. The molecule has 0 bridgehead atoms. The van der Waals surface area contributed by atoms with Gasteiger partial charge in [-0.05, 0) is 59.2 Å². The Kier molecular flexibility index (Phi) is 4.36. The maximum absolute atomic E-state index is 5.36. The van der Waals surface area contributed by atoms with Crippen molar-refractivity contribution in [3.05, 3.63) is 38.4 Å². The van der Waals surface area contributed by atoms with Gasteiger partial charge in [0.15, 0.2) is 0 Å². The van der Waals surface area contributed by atoms with E-state index in [0.717, 1.165) is 38.6 Å². The second kappa shape index (κ2) is 6.12. The van der Waals surface area contributed by atoms with E-state index in [9.17, 15) is 0 Å². The van der Waals surface area contributed by atoms with Crippen molar-refractivity contribution in [3.63, 3.8) is 0 Å². The smallest absolute Gasteiger partial charge is 0.142 e. The van der Waals surface area contributed by atoms with Gasteiger partial charge < -0.3 is 4.74 Å². The van der Waals surface area contributed by atoms with Crippen molar-refractivity contribution in [1.82, 2.24) is 9.97 Å². The zero-order valence-corrected chi connectivity index (χ0v) is 15.9. The van der Waals surface area contributed by atoms with Crippen LogP contribution in [-0.4, -0.2) is 17.1 Å². The second-order valence-electron chi connectivity index (χ2n) is 5.56. The van der Waals surface area contributed by atoms with E-state index in [2.05, 4.69) is 54.8 Å². The van der Waals surface area contributed by atoms with E-state index in [-0.39, 0.29) is 0 Å². The molecule has 114 valence electrons. The summed E-state index contributed by atoms with van der Waals surface area (Å²) in [6, 6.07) is 6.17. The van der Waals surface area contributed by atoms with Crippen LogP contribution in [0.5, 0.6) is 5.75 Å². The Morgan fingerprint density at radius 3 is 2.59 bits per heavy atom. The van der Waals surface area contributed by atoms with Crippen LogP contribution in [0.25, 0.3) is 21.6 Å². The lowest BCUT2D eigenvalue weighted by molar-refractivity contribution is 0.415. The quantitative estimate of drug-likeness (QED) is 0.528. The summed E-state index contributed by atoms with van der Waals surface area (Å²) in [5, 5.41) is 4.24. The van der Waals surface area contributed by atoms with Gasteiger partial charge in [-0.1, -0.05) is 13.8 Å². The fourth-order valence-electron chi connectivity index (χ4n) is 2.32.